The van der Waals surface area contributed by atoms with Crippen molar-refractivity contribution in [1.29, 1.82) is 0 Å². The minimum atomic E-state index is -2.00. The molecule has 0 aromatic heterocycles. The van der Waals surface area contributed by atoms with Gasteiger partial charge in [-0.25, -0.2) is 4.79 Å². The number of hydrogen-bond acceptors (Lipinski definition) is 20. The molecular weight excluding hydrogens is 776 g/mol. The largest absolute Gasteiger partial charge is 0.508 e. The van der Waals surface area contributed by atoms with Crippen LogP contribution in [0.5, 0.6) is 46.0 Å². The second-order valence-corrected chi connectivity index (χ2v) is 13.4. The fourth-order valence-electron chi connectivity index (χ4n) is 6.43. The van der Waals surface area contributed by atoms with Crippen molar-refractivity contribution in [2.45, 2.75) is 67.5 Å². The van der Waals surface area contributed by atoms with E-state index in [4.69, 9.17) is 37.9 Å². The number of aromatic hydroxyl groups is 5. The van der Waals surface area contributed by atoms with Crippen molar-refractivity contribution in [2.75, 3.05) is 27.4 Å². The van der Waals surface area contributed by atoms with Crippen LogP contribution in [0.4, 0.5) is 0 Å². The molecular formula is C38H42O20. The molecule has 6 rings (SSSR count). The highest BCUT2D eigenvalue weighted by atomic mass is 16.7. The Morgan fingerprint density at radius 2 is 1.43 bits per heavy atom. The summed E-state index contributed by atoms with van der Waals surface area (Å²) in [7, 11) is 2.61. The van der Waals surface area contributed by atoms with Gasteiger partial charge in [-0.05, 0) is 42.0 Å². The lowest BCUT2D eigenvalue weighted by atomic mass is 9.97. The van der Waals surface area contributed by atoms with Gasteiger partial charge in [-0.15, -0.1) is 0 Å². The van der Waals surface area contributed by atoms with Crippen LogP contribution < -0.4 is 14.2 Å². The summed E-state index contributed by atoms with van der Waals surface area (Å²) in [6.07, 6.45) is -15.4. The number of esters is 1. The maximum Gasteiger partial charge on any atom is 0.331 e. The van der Waals surface area contributed by atoms with E-state index in [-0.39, 0.29) is 45.6 Å². The molecule has 0 aliphatic carbocycles. The fourth-order valence-corrected chi connectivity index (χ4v) is 6.43. The molecule has 0 amide bonds. The fraction of sp³-hybridized carbons (Fsp3) is 0.395. The van der Waals surface area contributed by atoms with Crippen molar-refractivity contribution in [3.05, 3.63) is 71.0 Å². The molecule has 0 bridgehead atoms. The minimum absolute atomic E-state index is 0.0165. The van der Waals surface area contributed by atoms with E-state index >= 15 is 0 Å². The first kappa shape index (κ1) is 42.1. The number of ether oxygens (including phenoxy) is 8. The van der Waals surface area contributed by atoms with E-state index in [2.05, 4.69) is 0 Å². The van der Waals surface area contributed by atoms with Crippen LogP contribution in [0.1, 0.15) is 22.8 Å². The first-order valence-corrected chi connectivity index (χ1v) is 17.5. The first-order valence-electron chi connectivity index (χ1n) is 17.5. The van der Waals surface area contributed by atoms with Crippen LogP contribution >= 0.6 is 0 Å². The van der Waals surface area contributed by atoms with Gasteiger partial charge in [0.2, 0.25) is 12.0 Å². The van der Waals surface area contributed by atoms with Gasteiger partial charge in [0, 0.05) is 23.8 Å². The number of hydrogen-bond donors (Lipinski definition) is 11. The average molecular weight is 819 g/mol. The number of phenols is 5. The Balaban J connectivity index is 1.29. The van der Waals surface area contributed by atoms with Gasteiger partial charge < -0.3 is 94.1 Å². The van der Waals surface area contributed by atoms with Gasteiger partial charge in [0.15, 0.2) is 41.5 Å². The smallest absolute Gasteiger partial charge is 0.331 e. The molecule has 314 valence electrons. The number of carbonyl (C=O) groups excluding carboxylic acids is 1. The maximum atomic E-state index is 13.2. The lowest BCUT2D eigenvalue weighted by Crippen LogP contribution is -2.62. The predicted molar refractivity (Wildman–Crippen MR) is 192 cm³/mol. The zero-order valence-electron chi connectivity index (χ0n) is 30.6. The minimum Gasteiger partial charge on any atom is -0.508 e. The van der Waals surface area contributed by atoms with Gasteiger partial charge in [-0.1, -0.05) is 6.07 Å². The molecule has 0 radical (unpaired) electrons. The monoisotopic (exact) mass is 818 g/mol. The maximum absolute atomic E-state index is 13.2. The number of methoxy groups -OCH3 is 2. The summed E-state index contributed by atoms with van der Waals surface area (Å²) in [4.78, 5) is 13.2. The molecule has 1 unspecified atom stereocenters. The number of phenolic OH excluding ortho intramolecular Hbond substituents is 5. The molecule has 11 atom stereocenters. The topological polar surface area (TPSA) is 313 Å². The molecule has 3 aromatic rings. The highest BCUT2D eigenvalue weighted by Crippen LogP contribution is 2.46. The highest BCUT2D eigenvalue weighted by Gasteiger charge is 2.50. The molecule has 20 nitrogen and oxygen atoms in total. The van der Waals surface area contributed by atoms with Crippen LogP contribution in [0.15, 0.2) is 54.3 Å². The lowest BCUT2D eigenvalue weighted by molar-refractivity contribution is -0.328. The van der Waals surface area contributed by atoms with E-state index < -0.39 is 104 Å². The van der Waals surface area contributed by atoms with Crippen LogP contribution in [-0.4, -0.2) is 151 Å². The molecule has 3 aliphatic heterocycles. The third kappa shape index (κ3) is 8.65. The molecule has 3 aromatic carbocycles. The molecule has 0 spiro atoms. The van der Waals surface area contributed by atoms with Crippen molar-refractivity contribution < 1.29 is 98.9 Å². The number of carbonyl (C=O) groups is 1. The standard InChI is InChI=1S/C38H42O20/c1-51-23-7-15(8-24(52-2)29(23)45)3-6-28(44)58-36-27(14-53-37-33(49)31(47)30(46)26(13-39)56-37)57-38(34(50)32(36)48)55-25-12-18-20(42)10-17(40)11-22(18)54-35(25)16-4-5-19(41)21(43)9-16/h3-12,26-27,30-43,45-50H,13-14H2,1-2H3/b6-3-/t26-,27-,30+,31-,32+,33+,34+,35?,36+,37-,38-/m0/s1. The van der Waals surface area contributed by atoms with Crippen molar-refractivity contribution in [3.63, 3.8) is 0 Å². The molecule has 2 saturated heterocycles. The Bertz CT molecular complexity index is 1990. The summed E-state index contributed by atoms with van der Waals surface area (Å²) in [6, 6.07) is 8.66. The highest BCUT2D eigenvalue weighted by molar-refractivity contribution is 5.87. The van der Waals surface area contributed by atoms with Crippen molar-refractivity contribution in [2.24, 2.45) is 0 Å². The second kappa shape index (κ2) is 17.5. The summed E-state index contributed by atoms with van der Waals surface area (Å²) in [5.74, 6) is -3.32. The molecule has 2 fully saturated rings. The Morgan fingerprint density at radius 1 is 0.759 bits per heavy atom. The molecule has 0 saturated carbocycles. The third-order valence-electron chi connectivity index (χ3n) is 9.53. The van der Waals surface area contributed by atoms with E-state index in [0.717, 1.165) is 24.3 Å². The van der Waals surface area contributed by atoms with E-state index in [9.17, 15) is 61.0 Å². The van der Waals surface area contributed by atoms with Crippen LogP contribution in [0.2, 0.25) is 0 Å². The summed E-state index contributed by atoms with van der Waals surface area (Å²) in [5, 5.41) is 115. The van der Waals surface area contributed by atoms with Gasteiger partial charge in [0.1, 0.15) is 65.7 Å². The molecule has 11 N–H and O–H groups in total. The van der Waals surface area contributed by atoms with Gasteiger partial charge in [-0.3, -0.25) is 0 Å². The zero-order valence-corrected chi connectivity index (χ0v) is 30.6. The lowest BCUT2D eigenvalue weighted by Gasteiger charge is -2.44. The second-order valence-electron chi connectivity index (χ2n) is 13.4. The van der Waals surface area contributed by atoms with Gasteiger partial charge in [-0.2, -0.15) is 0 Å². The van der Waals surface area contributed by atoms with Crippen molar-refractivity contribution >= 4 is 18.1 Å². The summed E-state index contributed by atoms with van der Waals surface area (Å²) in [6.45, 7) is -1.49. The Kier molecular flexibility index (Phi) is 12.7. The third-order valence-corrected chi connectivity index (χ3v) is 9.53. The summed E-state index contributed by atoms with van der Waals surface area (Å²) >= 11 is 0. The molecule has 3 aliphatic rings. The quantitative estimate of drug-likeness (QED) is 0.0630. The summed E-state index contributed by atoms with van der Waals surface area (Å²) < 4.78 is 45.0. The van der Waals surface area contributed by atoms with Gasteiger partial charge >= 0.3 is 5.97 Å². The van der Waals surface area contributed by atoms with Crippen LogP contribution in [0.25, 0.3) is 12.2 Å². The van der Waals surface area contributed by atoms with Crippen molar-refractivity contribution in [1.82, 2.24) is 0 Å². The zero-order chi connectivity index (χ0) is 42.0. The number of aliphatic hydroxyl groups is 6. The van der Waals surface area contributed by atoms with Crippen LogP contribution in [0, 0.1) is 0 Å². The van der Waals surface area contributed by atoms with E-state index in [1.165, 1.54) is 50.6 Å². The number of rotatable bonds is 12. The predicted octanol–water partition coefficient (Wildman–Crippen LogP) is -0.389. The Morgan fingerprint density at radius 3 is 2.09 bits per heavy atom. The Hall–Kier alpha value is -5.55. The van der Waals surface area contributed by atoms with E-state index in [1.54, 1.807) is 0 Å². The van der Waals surface area contributed by atoms with Crippen LogP contribution in [0.3, 0.4) is 0 Å². The van der Waals surface area contributed by atoms with Gasteiger partial charge in [0.05, 0.1) is 33.0 Å². The van der Waals surface area contributed by atoms with Gasteiger partial charge in [0.25, 0.3) is 0 Å². The van der Waals surface area contributed by atoms with Crippen molar-refractivity contribution in [3.8, 4) is 46.0 Å². The summed E-state index contributed by atoms with van der Waals surface area (Å²) in [5.41, 5.74) is 0.510. The van der Waals surface area contributed by atoms with E-state index in [0.29, 0.717) is 5.56 Å². The average Bonchev–Trinajstić information content (AvgIpc) is 3.20. The number of aliphatic hydroxyl groups excluding tert-OH is 6. The SMILES string of the molecule is COc1cc(/C=C\C(=O)O[C@H]2[C@H](O)[C@@H](O)[C@@H](OC3=Cc4c(O)cc(O)cc4OC3c3ccc(O)c(O)c3)O[C@H]2CO[C@H]2O[C@@H](CO)[C@@H](O)[C@H](O)[C@H]2O)cc(OC)c1O. The molecule has 58 heavy (non-hydrogen) atoms. The number of benzene rings is 3. The Labute approximate surface area is 328 Å². The first-order chi connectivity index (χ1) is 27.6. The molecule has 20 heteroatoms. The van der Waals surface area contributed by atoms with E-state index in [1.807, 2.05) is 0 Å². The molecule has 3 heterocycles. The normalized spacial score (nSPS) is 29.5. The number of fused-ring (bicyclic) bond motifs is 1. The van der Waals surface area contributed by atoms with Crippen LogP contribution in [-0.2, 0) is 28.5 Å².